The van der Waals surface area contributed by atoms with Crippen LogP contribution in [0.2, 0.25) is 10.0 Å². The molecule has 2 N–H and O–H groups in total. The van der Waals surface area contributed by atoms with Gasteiger partial charge in [0.2, 0.25) is 0 Å². The number of halogens is 3. The number of carbonyl (C=O) groups is 1. The van der Waals surface area contributed by atoms with Gasteiger partial charge in [0.1, 0.15) is 5.82 Å². The van der Waals surface area contributed by atoms with Crippen LogP contribution in [0.4, 0.5) is 14.9 Å². The number of hydrogen-bond donors (Lipinski definition) is 2. The van der Waals surface area contributed by atoms with Crippen molar-refractivity contribution in [1.29, 1.82) is 0 Å². The van der Waals surface area contributed by atoms with E-state index in [1.165, 1.54) is 18.2 Å². The third-order valence-electron chi connectivity index (χ3n) is 3.16. The fraction of sp³-hybridized carbons (Fsp3) is 0.188. The van der Waals surface area contributed by atoms with Crippen LogP contribution in [0.3, 0.4) is 0 Å². The standard InChI is InChI=1S/C16H15Cl2FN2O/c1-2-15(10-3-5-11(17)6-4-10)21-16(22)20-12-7-8-14(19)13(18)9-12/h3-9,15H,2H2,1H3,(H2,20,21,22)/t15-/m0/s1. The Morgan fingerprint density at radius 3 is 2.45 bits per heavy atom. The summed E-state index contributed by atoms with van der Waals surface area (Å²) in [7, 11) is 0. The Morgan fingerprint density at radius 1 is 1.18 bits per heavy atom. The van der Waals surface area contributed by atoms with Gasteiger partial charge in [0.15, 0.2) is 0 Å². The fourth-order valence-electron chi connectivity index (χ4n) is 2.02. The van der Waals surface area contributed by atoms with Gasteiger partial charge in [0.25, 0.3) is 0 Å². The Hall–Kier alpha value is -1.78. The minimum Gasteiger partial charge on any atom is -0.331 e. The van der Waals surface area contributed by atoms with Gasteiger partial charge >= 0.3 is 6.03 Å². The number of anilines is 1. The van der Waals surface area contributed by atoms with E-state index in [1.807, 2.05) is 19.1 Å². The minimum atomic E-state index is -0.528. The molecule has 6 heteroatoms. The maximum atomic E-state index is 13.1. The van der Waals surface area contributed by atoms with Crippen molar-refractivity contribution in [3.05, 3.63) is 63.9 Å². The lowest BCUT2D eigenvalue weighted by Gasteiger charge is -2.18. The summed E-state index contributed by atoms with van der Waals surface area (Å²) in [5, 5.41) is 6.09. The summed E-state index contributed by atoms with van der Waals surface area (Å²) in [4.78, 5) is 12.0. The van der Waals surface area contributed by atoms with E-state index in [4.69, 9.17) is 23.2 Å². The summed E-state index contributed by atoms with van der Waals surface area (Å²) in [6, 6.07) is 10.8. The largest absolute Gasteiger partial charge is 0.331 e. The van der Waals surface area contributed by atoms with Gasteiger partial charge in [-0.3, -0.25) is 0 Å². The number of hydrogen-bond acceptors (Lipinski definition) is 1. The molecular weight excluding hydrogens is 326 g/mol. The van der Waals surface area contributed by atoms with Gasteiger partial charge in [-0.1, -0.05) is 42.3 Å². The Bertz CT molecular complexity index is 662. The smallest absolute Gasteiger partial charge is 0.319 e. The van der Waals surface area contributed by atoms with E-state index in [-0.39, 0.29) is 17.1 Å². The molecule has 0 aliphatic carbocycles. The molecule has 116 valence electrons. The number of rotatable bonds is 4. The second-order valence-corrected chi connectivity index (χ2v) is 5.58. The van der Waals surface area contributed by atoms with Crippen LogP contribution in [0.25, 0.3) is 0 Å². The summed E-state index contributed by atoms with van der Waals surface area (Å²) in [5.74, 6) is -0.528. The second kappa shape index (κ2) is 7.47. The molecule has 0 saturated heterocycles. The normalized spacial score (nSPS) is 11.8. The van der Waals surface area contributed by atoms with E-state index in [1.54, 1.807) is 12.1 Å². The molecule has 0 aliphatic heterocycles. The predicted molar refractivity (Wildman–Crippen MR) is 88.0 cm³/mol. The van der Waals surface area contributed by atoms with E-state index in [2.05, 4.69) is 10.6 Å². The van der Waals surface area contributed by atoms with Crippen molar-refractivity contribution >= 4 is 34.9 Å². The van der Waals surface area contributed by atoms with Crippen LogP contribution in [0.1, 0.15) is 24.9 Å². The van der Waals surface area contributed by atoms with Crippen LogP contribution in [-0.2, 0) is 0 Å². The average Bonchev–Trinajstić information content (AvgIpc) is 2.49. The SMILES string of the molecule is CC[C@H](NC(=O)Nc1ccc(F)c(Cl)c1)c1ccc(Cl)cc1. The van der Waals surface area contributed by atoms with E-state index in [0.29, 0.717) is 10.7 Å². The molecule has 1 atom stereocenters. The summed E-state index contributed by atoms with van der Waals surface area (Å²) in [5.41, 5.74) is 1.38. The third-order valence-corrected chi connectivity index (χ3v) is 3.71. The van der Waals surface area contributed by atoms with Crippen molar-refractivity contribution < 1.29 is 9.18 Å². The lowest BCUT2D eigenvalue weighted by Crippen LogP contribution is -2.32. The molecule has 2 amide bonds. The van der Waals surface area contributed by atoms with Crippen LogP contribution in [0.15, 0.2) is 42.5 Å². The van der Waals surface area contributed by atoms with E-state index in [9.17, 15) is 9.18 Å². The van der Waals surface area contributed by atoms with Crippen LogP contribution < -0.4 is 10.6 Å². The van der Waals surface area contributed by atoms with Crippen molar-refractivity contribution in [3.63, 3.8) is 0 Å². The Balaban J connectivity index is 2.02. The molecule has 0 heterocycles. The van der Waals surface area contributed by atoms with Gasteiger partial charge in [0, 0.05) is 10.7 Å². The Labute approximate surface area is 138 Å². The number of amides is 2. The molecule has 0 aromatic heterocycles. The topological polar surface area (TPSA) is 41.1 Å². The van der Waals surface area contributed by atoms with Crippen molar-refractivity contribution in [2.45, 2.75) is 19.4 Å². The van der Waals surface area contributed by atoms with Gasteiger partial charge in [-0.15, -0.1) is 0 Å². The summed E-state index contributed by atoms with van der Waals surface area (Å²) in [6.07, 6.45) is 0.721. The molecule has 0 radical (unpaired) electrons. The second-order valence-electron chi connectivity index (χ2n) is 4.74. The summed E-state index contributed by atoms with van der Waals surface area (Å²) < 4.78 is 13.1. The number of benzene rings is 2. The van der Waals surface area contributed by atoms with Gasteiger partial charge in [0.05, 0.1) is 11.1 Å². The van der Waals surface area contributed by atoms with E-state index in [0.717, 1.165) is 12.0 Å². The van der Waals surface area contributed by atoms with Gasteiger partial charge in [-0.25, -0.2) is 9.18 Å². The van der Waals surface area contributed by atoms with Gasteiger partial charge < -0.3 is 10.6 Å². The molecule has 2 aromatic carbocycles. The average molecular weight is 341 g/mol. The summed E-state index contributed by atoms with van der Waals surface area (Å²) in [6.45, 7) is 1.97. The van der Waals surface area contributed by atoms with Crippen LogP contribution in [-0.4, -0.2) is 6.03 Å². The first-order valence-corrected chi connectivity index (χ1v) is 7.53. The highest BCUT2D eigenvalue weighted by molar-refractivity contribution is 6.31. The molecule has 22 heavy (non-hydrogen) atoms. The van der Waals surface area contributed by atoms with Gasteiger partial charge in [-0.2, -0.15) is 0 Å². The Kier molecular flexibility index (Phi) is 5.63. The van der Waals surface area contributed by atoms with Crippen LogP contribution >= 0.6 is 23.2 Å². The molecule has 0 aliphatic rings. The van der Waals surface area contributed by atoms with Crippen molar-refractivity contribution in [2.75, 3.05) is 5.32 Å². The molecule has 0 spiro atoms. The lowest BCUT2D eigenvalue weighted by molar-refractivity contribution is 0.248. The highest BCUT2D eigenvalue weighted by atomic mass is 35.5. The van der Waals surface area contributed by atoms with E-state index < -0.39 is 5.82 Å². The Morgan fingerprint density at radius 2 is 1.86 bits per heavy atom. The number of nitrogens with one attached hydrogen (secondary N) is 2. The molecule has 0 unspecified atom stereocenters. The maximum Gasteiger partial charge on any atom is 0.319 e. The first-order chi connectivity index (χ1) is 10.5. The molecular formula is C16H15Cl2FN2O. The molecule has 3 nitrogen and oxygen atoms in total. The lowest BCUT2D eigenvalue weighted by atomic mass is 10.1. The predicted octanol–water partition coefficient (Wildman–Crippen LogP) is 5.41. The zero-order valence-corrected chi connectivity index (χ0v) is 13.4. The van der Waals surface area contributed by atoms with Crippen LogP contribution in [0.5, 0.6) is 0 Å². The highest BCUT2D eigenvalue weighted by Crippen LogP contribution is 2.21. The van der Waals surface area contributed by atoms with Crippen molar-refractivity contribution in [1.82, 2.24) is 5.32 Å². The summed E-state index contributed by atoms with van der Waals surface area (Å²) >= 11 is 11.5. The third kappa shape index (κ3) is 4.36. The van der Waals surface area contributed by atoms with Crippen LogP contribution in [0, 0.1) is 5.82 Å². The van der Waals surface area contributed by atoms with Crippen molar-refractivity contribution in [2.24, 2.45) is 0 Å². The molecule has 0 saturated carbocycles. The number of carbonyl (C=O) groups excluding carboxylic acids is 1. The first-order valence-electron chi connectivity index (χ1n) is 6.77. The van der Waals surface area contributed by atoms with Crippen molar-refractivity contribution in [3.8, 4) is 0 Å². The molecule has 0 fully saturated rings. The first kappa shape index (κ1) is 16.6. The van der Waals surface area contributed by atoms with E-state index >= 15 is 0 Å². The molecule has 2 rings (SSSR count). The molecule has 2 aromatic rings. The quantitative estimate of drug-likeness (QED) is 0.767. The monoisotopic (exact) mass is 340 g/mol. The minimum absolute atomic E-state index is 0.0393. The fourth-order valence-corrected chi connectivity index (χ4v) is 2.32. The zero-order chi connectivity index (χ0) is 16.1. The maximum absolute atomic E-state index is 13.1. The highest BCUT2D eigenvalue weighted by Gasteiger charge is 2.13. The van der Waals surface area contributed by atoms with Gasteiger partial charge in [-0.05, 0) is 42.3 Å². The molecule has 0 bridgehead atoms. The zero-order valence-electron chi connectivity index (χ0n) is 11.9. The number of urea groups is 1.